The molecular weight excluding hydrogens is 274 g/mol. The molecule has 1 aromatic rings. The molecule has 102 valence electrons. The third-order valence-electron chi connectivity index (χ3n) is 2.20. The van der Waals surface area contributed by atoms with Crippen LogP contribution in [0.2, 0.25) is 0 Å². The maximum absolute atomic E-state index is 12.1. The Morgan fingerprint density at radius 3 is 2.72 bits per heavy atom. The Morgan fingerprint density at radius 1 is 1.56 bits per heavy atom. The van der Waals surface area contributed by atoms with Gasteiger partial charge in [0.05, 0.1) is 6.54 Å². The Morgan fingerprint density at radius 2 is 2.22 bits per heavy atom. The van der Waals surface area contributed by atoms with Gasteiger partial charge in [0.2, 0.25) is 5.91 Å². The van der Waals surface area contributed by atoms with Crippen LogP contribution in [0.15, 0.2) is 15.7 Å². The van der Waals surface area contributed by atoms with Crippen molar-refractivity contribution in [1.29, 1.82) is 0 Å². The monoisotopic (exact) mass is 291 g/mol. The number of nitrogens with two attached hydrogens (primary N) is 1. The number of amides is 1. The van der Waals surface area contributed by atoms with E-state index in [-0.39, 0.29) is 16.7 Å². The van der Waals surface area contributed by atoms with Gasteiger partial charge in [-0.05, 0) is 12.5 Å². The van der Waals surface area contributed by atoms with Crippen molar-refractivity contribution >= 4 is 33.0 Å². The second-order valence-corrected chi connectivity index (χ2v) is 6.99. The van der Waals surface area contributed by atoms with Crippen LogP contribution in [-0.4, -0.2) is 38.8 Å². The lowest BCUT2D eigenvalue weighted by Crippen LogP contribution is -2.38. The van der Waals surface area contributed by atoms with Crippen molar-refractivity contribution in [2.45, 2.75) is 17.6 Å². The summed E-state index contributed by atoms with van der Waals surface area (Å²) in [6.45, 7) is 2.27. The first-order chi connectivity index (χ1) is 8.37. The molecule has 1 heterocycles. The zero-order chi connectivity index (χ0) is 13.8. The number of carbonyl (C=O) groups excluding carboxylic acids is 1. The van der Waals surface area contributed by atoms with E-state index in [4.69, 9.17) is 5.73 Å². The van der Waals surface area contributed by atoms with Crippen LogP contribution in [0.4, 0.5) is 5.69 Å². The topological polar surface area (TPSA) is 92.5 Å². The predicted octanol–water partition coefficient (Wildman–Crippen LogP) is 0.477. The van der Waals surface area contributed by atoms with Crippen LogP contribution in [0.1, 0.15) is 13.3 Å². The van der Waals surface area contributed by atoms with E-state index in [1.54, 1.807) is 5.38 Å². The molecule has 0 aliphatic carbocycles. The van der Waals surface area contributed by atoms with Crippen LogP contribution >= 0.6 is 11.3 Å². The fourth-order valence-electron chi connectivity index (χ4n) is 1.23. The third-order valence-corrected chi connectivity index (χ3v) is 5.44. The van der Waals surface area contributed by atoms with Crippen molar-refractivity contribution < 1.29 is 13.2 Å². The Bertz CT molecular complexity index is 510. The van der Waals surface area contributed by atoms with Crippen LogP contribution in [0.3, 0.4) is 0 Å². The summed E-state index contributed by atoms with van der Waals surface area (Å²) in [5.74, 6) is -0.313. The Hall–Kier alpha value is -1.12. The van der Waals surface area contributed by atoms with Gasteiger partial charge in [0.25, 0.3) is 10.0 Å². The molecule has 0 aliphatic heterocycles. The van der Waals surface area contributed by atoms with Gasteiger partial charge in [-0.25, -0.2) is 8.42 Å². The van der Waals surface area contributed by atoms with Crippen molar-refractivity contribution in [2.75, 3.05) is 25.9 Å². The van der Waals surface area contributed by atoms with Crippen LogP contribution in [-0.2, 0) is 14.8 Å². The Labute approximate surface area is 111 Å². The molecule has 0 spiro atoms. The second-order valence-electron chi connectivity index (χ2n) is 3.81. The first-order valence-electron chi connectivity index (χ1n) is 5.45. The molecule has 6 nitrogen and oxygen atoms in total. The minimum atomic E-state index is -3.63. The zero-order valence-electron chi connectivity index (χ0n) is 10.3. The van der Waals surface area contributed by atoms with Crippen molar-refractivity contribution in [3.63, 3.8) is 0 Å². The smallest absolute Gasteiger partial charge is 0.252 e. The molecule has 0 bridgehead atoms. The lowest BCUT2D eigenvalue weighted by Gasteiger charge is -2.15. The summed E-state index contributed by atoms with van der Waals surface area (Å²) in [5, 5.41) is 4.18. The molecule has 0 fully saturated rings. The molecule has 18 heavy (non-hydrogen) atoms. The molecule has 1 aromatic heterocycles. The SMILES string of the molecule is CCCNC(=O)CN(C)S(=O)(=O)c1cc(N)cs1. The van der Waals surface area contributed by atoms with E-state index < -0.39 is 10.0 Å². The van der Waals surface area contributed by atoms with Gasteiger partial charge in [-0.3, -0.25) is 4.79 Å². The summed E-state index contributed by atoms with van der Waals surface area (Å²) in [7, 11) is -2.26. The number of sulfonamides is 1. The van der Waals surface area contributed by atoms with E-state index in [0.29, 0.717) is 12.2 Å². The van der Waals surface area contributed by atoms with E-state index >= 15 is 0 Å². The molecule has 0 saturated carbocycles. The number of nitrogens with one attached hydrogen (secondary N) is 1. The van der Waals surface area contributed by atoms with E-state index in [0.717, 1.165) is 22.1 Å². The lowest BCUT2D eigenvalue weighted by atomic mass is 10.4. The molecule has 8 heteroatoms. The summed E-state index contributed by atoms with van der Waals surface area (Å²) < 4.78 is 25.3. The number of thiophene rings is 1. The van der Waals surface area contributed by atoms with Crippen molar-refractivity contribution in [2.24, 2.45) is 0 Å². The fraction of sp³-hybridized carbons (Fsp3) is 0.500. The van der Waals surface area contributed by atoms with Gasteiger partial charge in [0, 0.05) is 24.7 Å². The quantitative estimate of drug-likeness (QED) is 0.797. The predicted molar refractivity (Wildman–Crippen MR) is 71.8 cm³/mol. The maximum Gasteiger partial charge on any atom is 0.252 e. The molecule has 0 saturated heterocycles. The highest BCUT2D eigenvalue weighted by Gasteiger charge is 2.24. The zero-order valence-corrected chi connectivity index (χ0v) is 12.0. The first-order valence-corrected chi connectivity index (χ1v) is 7.77. The third kappa shape index (κ3) is 3.69. The van der Waals surface area contributed by atoms with Crippen LogP contribution in [0, 0.1) is 0 Å². The van der Waals surface area contributed by atoms with Gasteiger partial charge in [-0.15, -0.1) is 11.3 Å². The number of anilines is 1. The van der Waals surface area contributed by atoms with E-state index in [1.807, 2.05) is 6.92 Å². The van der Waals surface area contributed by atoms with Gasteiger partial charge in [0.15, 0.2) is 0 Å². The maximum atomic E-state index is 12.1. The largest absolute Gasteiger partial charge is 0.398 e. The number of carbonyl (C=O) groups is 1. The molecular formula is C10H17N3O3S2. The van der Waals surface area contributed by atoms with E-state index in [1.165, 1.54) is 13.1 Å². The summed E-state index contributed by atoms with van der Waals surface area (Å²) in [6, 6.07) is 1.39. The minimum Gasteiger partial charge on any atom is -0.398 e. The lowest BCUT2D eigenvalue weighted by molar-refractivity contribution is -0.121. The van der Waals surface area contributed by atoms with E-state index in [2.05, 4.69) is 5.32 Å². The summed E-state index contributed by atoms with van der Waals surface area (Å²) in [4.78, 5) is 11.5. The Kier molecular flexibility index (Phi) is 5.12. The minimum absolute atomic E-state index is 0.144. The normalized spacial score (nSPS) is 11.7. The van der Waals surface area contributed by atoms with Gasteiger partial charge in [0.1, 0.15) is 4.21 Å². The molecule has 1 amide bonds. The highest BCUT2D eigenvalue weighted by Crippen LogP contribution is 2.24. The highest BCUT2D eigenvalue weighted by atomic mass is 32.2. The second kappa shape index (κ2) is 6.17. The van der Waals surface area contributed by atoms with Gasteiger partial charge >= 0.3 is 0 Å². The molecule has 0 radical (unpaired) electrons. The van der Waals surface area contributed by atoms with E-state index in [9.17, 15) is 13.2 Å². The van der Waals surface area contributed by atoms with Crippen molar-refractivity contribution in [3.05, 3.63) is 11.4 Å². The number of hydrogen-bond donors (Lipinski definition) is 2. The van der Waals surface area contributed by atoms with Crippen LogP contribution < -0.4 is 11.1 Å². The van der Waals surface area contributed by atoms with Crippen molar-refractivity contribution in [3.8, 4) is 0 Å². The summed E-state index contributed by atoms with van der Waals surface area (Å²) >= 11 is 1.04. The molecule has 0 atom stereocenters. The highest BCUT2D eigenvalue weighted by molar-refractivity contribution is 7.91. The average Bonchev–Trinajstić information content (AvgIpc) is 2.73. The summed E-state index contributed by atoms with van der Waals surface area (Å²) in [5.41, 5.74) is 5.90. The van der Waals surface area contributed by atoms with Gasteiger partial charge in [-0.1, -0.05) is 6.92 Å². The Balaban J connectivity index is 2.71. The standard InChI is InChI=1S/C10H17N3O3S2/c1-3-4-12-9(14)6-13(2)18(15,16)10-5-8(11)7-17-10/h5,7H,3-4,6,11H2,1-2H3,(H,12,14). The molecule has 3 N–H and O–H groups in total. The first kappa shape index (κ1) is 14.9. The van der Waals surface area contributed by atoms with Crippen LogP contribution in [0.5, 0.6) is 0 Å². The number of hydrogen-bond acceptors (Lipinski definition) is 5. The number of nitrogens with zero attached hydrogens (tertiary/aromatic N) is 1. The molecule has 1 rings (SSSR count). The number of likely N-dealkylation sites (N-methyl/N-ethyl adjacent to an activating group) is 1. The molecule has 0 aliphatic rings. The number of rotatable bonds is 6. The van der Waals surface area contributed by atoms with Gasteiger partial charge < -0.3 is 11.1 Å². The van der Waals surface area contributed by atoms with Gasteiger partial charge in [-0.2, -0.15) is 4.31 Å². The molecule has 0 aromatic carbocycles. The fourth-order valence-corrected chi connectivity index (χ4v) is 3.64. The average molecular weight is 291 g/mol. The van der Waals surface area contributed by atoms with Crippen LogP contribution in [0.25, 0.3) is 0 Å². The number of nitrogen functional groups attached to an aromatic ring is 1. The summed E-state index contributed by atoms with van der Waals surface area (Å²) in [6.07, 6.45) is 0.809. The molecule has 0 unspecified atom stereocenters. The van der Waals surface area contributed by atoms with Crippen molar-refractivity contribution in [1.82, 2.24) is 9.62 Å².